The maximum absolute atomic E-state index is 12.5. The third-order valence-electron chi connectivity index (χ3n) is 3.42. The second-order valence-electron chi connectivity index (χ2n) is 4.72. The Morgan fingerprint density at radius 3 is 2.84 bits per heavy atom. The lowest BCUT2D eigenvalue weighted by Gasteiger charge is -2.20. The molecule has 2 unspecified atom stereocenters. The van der Waals surface area contributed by atoms with Crippen molar-refractivity contribution in [1.29, 1.82) is 0 Å². The van der Waals surface area contributed by atoms with Crippen LogP contribution in [0.25, 0.3) is 0 Å². The first-order chi connectivity index (χ1) is 9.00. The summed E-state index contributed by atoms with van der Waals surface area (Å²) >= 11 is 0. The summed E-state index contributed by atoms with van der Waals surface area (Å²) < 4.78 is 37.6. The van der Waals surface area contributed by atoms with Gasteiger partial charge in [0.25, 0.3) is 0 Å². The lowest BCUT2D eigenvalue weighted by molar-refractivity contribution is -0.141. The summed E-state index contributed by atoms with van der Waals surface area (Å²) in [4.78, 5) is 7.32. The van der Waals surface area contributed by atoms with E-state index in [1.54, 1.807) is 0 Å². The van der Waals surface area contributed by atoms with Crippen LogP contribution in [0.2, 0.25) is 0 Å². The summed E-state index contributed by atoms with van der Waals surface area (Å²) in [6.07, 6.45) is 0.132. The number of aliphatic hydroxyl groups excluding tert-OH is 1. The maximum atomic E-state index is 12.5. The fourth-order valence-corrected chi connectivity index (χ4v) is 2.49. The normalized spacial score (nSPS) is 23.6. The van der Waals surface area contributed by atoms with Gasteiger partial charge in [-0.25, -0.2) is 9.97 Å². The molecule has 19 heavy (non-hydrogen) atoms. The molecule has 2 N–H and O–H groups in total. The van der Waals surface area contributed by atoms with E-state index in [1.807, 2.05) is 0 Å². The van der Waals surface area contributed by atoms with Crippen molar-refractivity contribution >= 4 is 5.95 Å². The first-order valence-corrected chi connectivity index (χ1v) is 6.28. The predicted octanol–water partition coefficient (Wildman–Crippen LogP) is 2.46. The minimum absolute atomic E-state index is 0.00432. The molecule has 1 fully saturated rings. The van der Waals surface area contributed by atoms with E-state index in [9.17, 15) is 13.2 Å². The van der Waals surface area contributed by atoms with Gasteiger partial charge < -0.3 is 10.4 Å². The van der Waals surface area contributed by atoms with Gasteiger partial charge in [-0.2, -0.15) is 13.2 Å². The lowest BCUT2D eigenvalue weighted by atomic mass is 10.0. The highest BCUT2D eigenvalue weighted by Crippen LogP contribution is 2.31. The number of nitrogens with zero attached hydrogens (tertiary/aromatic N) is 2. The van der Waals surface area contributed by atoms with E-state index in [0.717, 1.165) is 31.5 Å². The third-order valence-corrected chi connectivity index (χ3v) is 3.42. The van der Waals surface area contributed by atoms with E-state index >= 15 is 0 Å². The van der Waals surface area contributed by atoms with Crippen LogP contribution < -0.4 is 5.32 Å². The van der Waals surface area contributed by atoms with Crippen molar-refractivity contribution in [2.75, 3.05) is 11.9 Å². The molecular formula is C12H16F3N3O. The van der Waals surface area contributed by atoms with E-state index in [2.05, 4.69) is 15.3 Å². The molecule has 1 aliphatic rings. The van der Waals surface area contributed by atoms with Crippen LogP contribution in [0.5, 0.6) is 0 Å². The molecule has 1 aromatic rings. The van der Waals surface area contributed by atoms with Crippen molar-refractivity contribution in [3.05, 3.63) is 18.0 Å². The van der Waals surface area contributed by atoms with Crippen molar-refractivity contribution in [2.24, 2.45) is 5.92 Å². The smallest absolute Gasteiger partial charge is 0.396 e. The molecule has 7 heteroatoms. The Balaban J connectivity index is 2.06. The molecule has 0 saturated heterocycles. The van der Waals surface area contributed by atoms with Crippen molar-refractivity contribution in [2.45, 2.75) is 37.9 Å². The van der Waals surface area contributed by atoms with Crippen LogP contribution in [0.15, 0.2) is 12.3 Å². The van der Waals surface area contributed by atoms with E-state index in [4.69, 9.17) is 5.11 Å². The van der Waals surface area contributed by atoms with Gasteiger partial charge in [-0.15, -0.1) is 0 Å². The second kappa shape index (κ2) is 5.73. The molecule has 0 radical (unpaired) electrons. The van der Waals surface area contributed by atoms with Crippen LogP contribution >= 0.6 is 0 Å². The molecule has 1 aliphatic carbocycles. The van der Waals surface area contributed by atoms with Crippen LogP contribution in [-0.4, -0.2) is 27.7 Å². The Kier molecular flexibility index (Phi) is 4.24. The van der Waals surface area contributed by atoms with E-state index in [0.29, 0.717) is 6.42 Å². The highest BCUT2D eigenvalue weighted by molar-refractivity contribution is 5.28. The van der Waals surface area contributed by atoms with E-state index in [-0.39, 0.29) is 24.5 Å². The fourth-order valence-electron chi connectivity index (χ4n) is 2.49. The molecule has 2 atom stereocenters. The summed E-state index contributed by atoms with van der Waals surface area (Å²) in [5, 5.41) is 11.9. The maximum Gasteiger partial charge on any atom is 0.433 e. The topological polar surface area (TPSA) is 58.0 Å². The zero-order valence-corrected chi connectivity index (χ0v) is 10.3. The largest absolute Gasteiger partial charge is 0.433 e. The Hall–Kier alpha value is -1.37. The number of aromatic nitrogens is 2. The molecule has 0 amide bonds. The Labute approximate surface area is 109 Å². The molecule has 4 nitrogen and oxygen atoms in total. The van der Waals surface area contributed by atoms with Gasteiger partial charge in [0.2, 0.25) is 5.95 Å². The number of hydrogen-bond donors (Lipinski definition) is 2. The standard InChI is InChI=1S/C12H16F3N3O/c13-12(14,15)10-4-6-16-11(18-10)17-9-3-1-2-8(9)5-7-19/h4,6,8-9,19H,1-3,5,7H2,(H,16,17,18). The first-order valence-electron chi connectivity index (χ1n) is 6.28. The van der Waals surface area contributed by atoms with Crippen LogP contribution in [0.3, 0.4) is 0 Å². The first kappa shape index (κ1) is 14.0. The number of alkyl halides is 3. The number of aliphatic hydroxyl groups is 1. The Morgan fingerprint density at radius 2 is 2.16 bits per heavy atom. The van der Waals surface area contributed by atoms with Crippen molar-refractivity contribution in [3.8, 4) is 0 Å². The van der Waals surface area contributed by atoms with Crippen LogP contribution in [-0.2, 0) is 6.18 Å². The number of nitrogens with one attached hydrogen (secondary N) is 1. The Morgan fingerprint density at radius 1 is 1.37 bits per heavy atom. The average molecular weight is 275 g/mol. The van der Waals surface area contributed by atoms with Gasteiger partial charge in [-0.1, -0.05) is 6.42 Å². The number of halogens is 3. The van der Waals surface area contributed by atoms with Gasteiger partial charge >= 0.3 is 6.18 Å². The molecule has 0 aliphatic heterocycles. The van der Waals surface area contributed by atoms with Gasteiger partial charge in [-0.05, 0) is 31.2 Å². The minimum Gasteiger partial charge on any atom is -0.396 e. The fraction of sp³-hybridized carbons (Fsp3) is 0.667. The summed E-state index contributed by atoms with van der Waals surface area (Å²) in [6, 6.07) is 0.890. The van der Waals surface area contributed by atoms with E-state index in [1.165, 1.54) is 0 Å². The summed E-state index contributed by atoms with van der Waals surface area (Å²) in [7, 11) is 0. The number of hydrogen-bond acceptors (Lipinski definition) is 4. The molecular weight excluding hydrogens is 259 g/mol. The van der Waals surface area contributed by atoms with Crippen molar-refractivity contribution in [3.63, 3.8) is 0 Å². The Bertz CT molecular complexity index is 425. The molecule has 0 spiro atoms. The van der Waals surface area contributed by atoms with Crippen LogP contribution in [0.4, 0.5) is 19.1 Å². The van der Waals surface area contributed by atoms with Crippen LogP contribution in [0.1, 0.15) is 31.4 Å². The third kappa shape index (κ3) is 3.56. The number of rotatable bonds is 4. The lowest BCUT2D eigenvalue weighted by Crippen LogP contribution is -2.26. The number of anilines is 1. The predicted molar refractivity (Wildman–Crippen MR) is 63.5 cm³/mol. The quantitative estimate of drug-likeness (QED) is 0.886. The molecule has 1 aromatic heterocycles. The van der Waals surface area contributed by atoms with Gasteiger partial charge in [0.1, 0.15) is 5.69 Å². The SMILES string of the molecule is OCCC1CCCC1Nc1nccc(C(F)(F)F)n1. The van der Waals surface area contributed by atoms with Crippen molar-refractivity contribution in [1.82, 2.24) is 9.97 Å². The highest BCUT2D eigenvalue weighted by atomic mass is 19.4. The average Bonchev–Trinajstić information content (AvgIpc) is 2.77. The zero-order valence-electron chi connectivity index (χ0n) is 10.3. The summed E-state index contributed by atoms with van der Waals surface area (Å²) in [5.74, 6) is 0.271. The van der Waals surface area contributed by atoms with Gasteiger partial charge in [0.15, 0.2) is 0 Å². The van der Waals surface area contributed by atoms with Gasteiger partial charge in [0.05, 0.1) is 0 Å². The second-order valence-corrected chi connectivity index (χ2v) is 4.72. The molecule has 1 saturated carbocycles. The molecule has 0 bridgehead atoms. The van der Waals surface area contributed by atoms with E-state index < -0.39 is 11.9 Å². The molecule has 1 heterocycles. The summed E-state index contributed by atoms with van der Waals surface area (Å²) in [5.41, 5.74) is -0.943. The monoisotopic (exact) mass is 275 g/mol. The highest BCUT2D eigenvalue weighted by Gasteiger charge is 2.33. The van der Waals surface area contributed by atoms with Crippen molar-refractivity contribution < 1.29 is 18.3 Å². The van der Waals surface area contributed by atoms with Gasteiger partial charge in [-0.3, -0.25) is 0 Å². The molecule has 0 aromatic carbocycles. The molecule has 2 rings (SSSR count). The van der Waals surface area contributed by atoms with Gasteiger partial charge in [0, 0.05) is 18.8 Å². The minimum atomic E-state index is -4.46. The summed E-state index contributed by atoms with van der Waals surface area (Å²) in [6.45, 7) is 0.0896. The molecule has 106 valence electrons. The zero-order chi connectivity index (χ0) is 13.9. The van der Waals surface area contributed by atoms with Crippen LogP contribution in [0, 0.1) is 5.92 Å².